The Labute approximate surface area is 117 Å². The number of hydrogen-bond acceptors (Lipinski definition) is 5. The topological polar surface area (TPSA) is 52.6 Å². The molecule has 0 aliphatic heterocycles. The van der Waals surface area contributed by atoms with Gasteiger partial charge in [0, 0.05) is 15.4 Å². The van der Waals surface area contributed by atoms with E-state index in [-0.39, 0.29) is 4.91 Å². The molecule has 1 aromatic rings. The first-order valence-corrected chi connectivity index (χ1v) is 6.49. The number of thioether (sulfide) groups is 1. The molecule has 0 radical (unpaired) electrons. The summed E-state index contributed by atoms with van der Waals surface area (Å²) in [5.74, 6) is -1.17. The summed E-state index contributed by atoms with van der Waals surface area (Å²) in [7, 11) is 2.51. The molecule has 0 amide bonds. The fourth-order valence-electron chi connectivity index (χ4n) is 1.03. The first-order valence-electron chi connectivity index (χ1n) is 4.88. The Morgan fingerprint density at radius 2 is 1.78 bits per heavy atom. The normalized spacial score (nSPS) is 10.9. The largest absolute Gasteiger partial charge is 0.466 e. The fraction of sp³-hybridized carbons (Fsp3) is 0.167. The van der Waals surface area contributed by atoms with E-state index in [0.29, 0.717) is 0 Å². The summed E-state index contributed by atoms with van der Waals surface area (Å²) in [4.78, 5) is 23.7. The van der Waals surface area contributed by atoms with Crippen molar-refractivity contribution in [2.24, 2.45) is 0 Å². The molecule has 0 spiro atoms. The van der Waals surface area contributed by atoms with Crippen molar-refractivity contribution in [2.45, 2.75) is 4.90 Å². The third kappa shape index (κ3) is 4.54. The summed E-state index contributed by atoms with van der Waals surface area (Å²) in [6, 6.07) is 7.33. The zero-order valence-electron chi connectivity index (χ0n) is 9.81. The Bertz CT molecular complexity index is 467. The second-order valence-electron chi connectivity index (χ2n) is 3.08. The lowest BCUT2D eigenvalue weighted by Gasteiger charge is -2.05. The third-order valence-electron chi connectivity index (χ3n) is 1.88. The predicted molar refractivity (Wildman–Crippen MR) is 72.1 cm³/mol. The monoisotopic (exact) mass is 330 g/mol. The van der Waals surface area contributed by atoms with Gasteiger partial charge in [0.1, 0.15) is 4.91 Å². The van der Waals surface area contributed by atoms with E-state index in [2.05, 4.69) is 25.4 Å². The predicted octanol–water partition coefficient (Wildman–Crippen LogP) is 2.77. The minimum atomic E-state index is -0.597. The average Bonchev–Trinajstić information content (AvgIpc) is 2.39. The zero-order chi connectivity index (χ0) is 13.5. The molecule has 0 saturated heterocycles. The summed E-state index contributed by atoms with van der Waals surface area (Å²) in [5, 5.41) is 0. The van der Waals surface area contributed by atoms with Gasteiger partial charge in [-0.15, -0.1) is 0 Å². The molecule has 0 bridgehead atoms. The highest BCUT2D eigenvalue weighted by molar-refractivity contribution is 9.10. The summed E-state index contributed by atoms with van der Waals surface area (Å²) >= 11 is 4.45. The molecule has 6 heteroatoms. The SMILES string of the molecule is COC(=O)/C=C(/Sc1ccc(Br)cc1)C(=O)OC. The van der Waals surface area contributed by atoms with Gasteiger partial charge in [0.2, 0.25) is 0 Å². The van der Waals surface area contributed by atoms with E-state index in [0.717, 1.165) is 27.2 Å². The van der Waals surface area contributed by atoms with Crippen LogP contribution in [0.5, 0.6) is 0 Å². The molecule has 0 atom stereocenters. The number of carbonyl (C=O) groups excluding carboxylic acids is 2. The van der Waals surface area contributed by atoms with Crippen LogP contribution in [0.1, 0.15) is 0 Å². The van der Waals surface area contributed by atoms with Gasteiger partial charge in [-0.05, 0) is 24.3 Å². The molecule has 0 aromatic heterocycles. The number of benzene rings is 1. The molecule has 0 fully saturated rings. The molecule has 0 N–H and O–H groups in total. The van der Waals surface area contributed by atoms with Gasteiger partial charge in [-0.1, -0.05) is 27.7 Å². The van der Waals surface area contributed by atoms with Crippen molar-refractivity contribution < 1.29 is 19.1 Å². The third-order valence-corrected chi connectivity index (χ3v) is 3.42. The Kier molecular flexibility index (Phi) is 5.94. The molecule has 0 saturated carbocycles. The molecule has 0 heterocycles. The van der Waals surface area contributed by atoms with E-state index in [1.807, 2.05) is 24.3 Å². The second kappa shape index (κ2) is 7.23. The van der Waals surface area contributed by atoms with E-state index in [4.69, 9.17) is 0 Å². The van der Waals surface area contributed by atoms with Gasteiger partial charge < -0.3 is 9.47 Å². The smallest absolute Gasteiger partial charge is 0.344 e. The Hall–Kier alpha value is -1.27. The number of esters is 2. The van der Waals surface area contributed by atoms with Crippen molar-refractivity contribution in [1.82, 2.24) is 0 Å². The van der Waals surface area contributed by atoms with E-state index < -0.39 is 11.9 Å². The first-order chi connectivity index (χ1) is 8.56. The van der Waals surface area contributed by atoms with Crippen LogP contribution in [-0.4, -0.2) is 26.2 Å². The van der Waals surface area contributed by atoms with Crippen molar-refractivity contribution in [3.63, 3.8) is 0 Å². The maximum absolute atomic E-state index is 11.5. The Morgan fingerprint density at radius 3 is 2.28 bits per heavy atom. The lowest BCUT2D eigenvalue weighted by molar-refractivity contribution is -0.137. The van der Waals surface area contributed by atoms with Gasteiger partial charge in [0.25, 0.3) is 0 Å². The summed E-state index contributed by atoms with van der Waals surface area (Å²) < 4.78 is 10.0. The lowest BCUT2D eigenvalue weighted by Crippen LogP contribution is -2.05. The fourth-order valence-corrected chi connectivity index (χ4v) is 2.14. The second-order valence-corrected chi connectivity index (χ2v) is 5.11. The quantitative estimate of drug-likeness (QED) is 0.482. The molecule has 1 aromatic carbocycles. The van der Waals surface area contributed by atoms with Gasteiger partial charge in [-0.2, -0.15) is 0 Å². The molecule has 0 aliphatic rings. The Balaban J connectivity index is 2.91. The van der Waals surface area contributed by atoms with Crippen LogP contribution in [0.4, 0.5) is 0 Å². The van der Waals surface area contributed by atoms with Gasteiger partial charge in [0.05, 0.1) is 14.2 Å². The van der Waals surface area contributed by atoms with E-state index >= 15 is 0 Å². The van der Waals surface area contributed by atoms with Gasteiger partial charge >= 0.3 is 11.9 Å². The number of rotatable bonds is 4. The van der Waals surface area contributed by atoms with Crippen LogP contribution in [0.2, 0.25) is 0 Å². The number of ether oxygens (including phenoxy) is 2. The van der Waals surface area contributed by atoms with E-state index in [1.165, 1.54) is 14.2 Å². The molecule has 1 rings (SSSR count). The highest BCUT2D eigenvalue weighted by Gasteiger charge is 2.14. The Morgan fingerprint density at radius 1 is 1.17 bits per heavy atom. The van der Waals surface area contributed by atoms with E-state index in [1.54, 1.807) is 0 Å². The van der Waals surface area contributed by atoms with Gasteiger partial charge in [-0.25, -0.2) is 9.59 Å². The molecule has 0 aliphatic carbocycles. The van der Waals surface area contributed by atoms with Gasteiger partial charge in [-0.3, -0.25) is 0 Å². The van der Waals surface area contributed by atoms with Crippen LogP contribution in [0.3, 0.4) is 0 Å². The standard InChI is InChI=1S/C12H11BrO4S/c1-16-11(14)7-10(12(15)17-2)18-9-5-3-8(13)4-6-9/h3-7H,1-2H3/b10-7+. The zero-order valence-corrected chi connectivity index (χ0v) is 12.2. The molecule has 18 heavy (non-hydrogen) atoms. The molecule has 4 nitrogen and oxygen atoms in total. The van der Waals surface area contributed by atoms with Crippen molar-refractivity contribution in [1.29, 1.82) is 0 Å². The summed E-state index contributed by atoms with van der Waals surface area (Å²) in [6.45, 7) is 0. The van der Waals surface area contributed by atoms with Crippen molar-refractivity contribution in [3.8, 4) is 0 Å². The van der Waals surface area contributed by atoms with Gasteiger partial charge in [0.15, 0.2) is 0 Å². The van der Waals surface area contributed by atoms with Crippen LogP contribution in [-0.2, 0) is 19.1 Å². The van der Waals surface area contributed by atoms with Crippen LogP contribution in [0.25, 0.3) is 0 Å². The minimum absolute atomic E-state index is 0.173. The molecular weight excluding hydrogens is 320 g/mol. The van der Waals surface area contributed by atoms with Crippen molar-refractivity contribution in [2.75, 3.05) is 14.2 Å². The maximum Gasteiger partial charge on any atom is 0.344 e. The average molecular weight is 331 g/mol. The summed E-state index contributed by atoms with van der Waals surface area (Å²) in [5.41, 5.74) is 0. The minimum Gasteiger partial charge on any atom is -0.466 e. The molecular formula is C12H11BrO4S. The van der Waals surface area contributed by atoms with Crippen LogP contribution < -0.4 is 0 Å². The summed E-state index contributed by atoms with van der Waals surface area (Å²) in [6.07, 6.45) is 1.11. The van der Waals surface area contributed by atoms with Crippen molar-refractivity contribution >= 4 is 39.6 Å². The van der Waals surface area contributed by atoms with Crippen LogP contribution in [0.15, 0.2) is 44.6 Å². The molecule has 0 unspecified atom stereocenters. The van der Waals surface area contributed by atoms with Crippen molar-refractivity contribution in [3.05, 3.63) is 39.7 Å². The first kappa shape index (κ1) is 14.8. The number of carbonyl (C=O) groups is 2. The number of halogens is 1. The highest BCUT2D eigenvalue weighted by Crippen LogP contribution is 2.28. The highest BCUT2D eigenvalue weighted by atomic mass is 79.9. The number of methoxy groups -OCH3 is 2. The van der Waals surface area contributed by atoms with Crippen LogP contribution >= 0.6 is 27.7 Å². The lowest BCUT2D eigenvalue weighted by atomic mass is 10.4. The van der Waals surface area contributed by atoms with E-state index in [9.17, 15) is 9.59 Å². The number of hydrogen-bond donors (Lipinski definition) is 0. The van der Waals surface area contributed by atoms with Crippen LogP contribution in [0, 0.1) is 0 Å². The maximum atomic E-state index is 11.5. The molecule has 96 valence electrons.